The van der Waals surface area contributed by atoms with E-state index in [-0.39, 0.29) is 18.8 Å². The maximum absolute atomic E-state index is 12.3. The molecule has 2 aromatic carbocycles. The van der Waals surface area contributed by atoms with E-state index in [4.69, 9.17) is 18.9 Å². The molecule has 1 aliphatic heterocycles. The van der Waals surface area contributed by atoms with Gasteiger partial charge in [0.15, 0.2) is 0 Å². The summed E-state index contributed by atoms with van der Waals surface area (Å²) in [4.78, 5) is 26.4. The van der Waals surface area contributed by atoms with Crippen LogP contribution >= 0.6 is 0 Å². The Bertz CT molecular complexity index is 889. The van der Waals surface area contributed by atoms with Crippen molar-refractivity contribution in [2.24, 2.45) is 0 Å². The Kier molecular flexibility index (Phi) is 7.72. The second-order valence-electron chi connectivity index (χ2n) is 7.20. The van der Waals surface area contributed by atoms with Gasteiger partial charge in [0, 0.05) is 25.9 Å². The van der Waals surface area contributed by atoms with Gasteiger partial charge in [-0.1, -0.05) is 30.3 Å². The van der Waals surface area contributed by atoms with Crippen LogP contribution in [0.15, 0.2) is 48.5 Å². The van der Waals surface area contributed by atoms with Gasteiger partial charge in [-0.25, -0.2) is 9.59 Å². The molecular formula is C23H28N2O6. The molecule has 1 amide bonds. The third-order valence-corrected chi connectivity index (χ3v) is 5.33. The van der Waals surface area contributed by atoms with Crippen LogP contribution < -0.4 is 15.0 Å². The van der Waals surface area contributed by atoms with Crippen molar-refractivity contribution in [1.29, 1.82) is 0 Å². The van der Waals surface area contributed by atoms with E-state index in [1.807, 2.05) is 36.4 Å². The van der Waals surface area contributed by atoms with Crippen LogP contribution in [0.5, 0.6) is 5.75 Å². The van der Waals surface area contributed by atoms with Gasteiger partial charge in [-0.2, -0.15) is 0 Å². The standard InChI is InChI=1S/C23H28N2O6/c1-28-20-10-9-17(13-18(20)22(26)30-3)25-12-11-19(21(14-25)29-2)24-23(27)31-15-16-7-5-4-6-8-16/h4-10,13,19,21H,11-12,14-15H2,1-3H3,(H,24,27)/t19-,21+/m0/s1. The lowest BCUT2D eigenvalue weighted by molar-refractivity contribution is 0.0545. The second kappa shape index (κ2) is 10.7. The predicted molar refractivity (Wildman–Crippen MR) is 116 cm³/mol. The molecule has 1 aliphatic rings. The zero-order chi connectivity index (χ0) is 22.2. The molecule has 3 rings (SSSR count). The number of nitrogens with one attached hydrogen (secondary N) is 1. The molecule has 31 heavy (non-hydrogen) atoms. The van der Waals surface area contributed by atoms with Crippen LogP contribution in [0, 0.1) is 0 Å². The molecule has 8 heteroatoms. The van der Waals surface area contributed by atoms with Crippen molar-refractivity contribution in [3.8, 4) is 5.75 Å². The average molecular weight is 428 g/mol. The lowest BCUT2D eigenvalue weighted by Crippen LogP contribution is -2.55. The maximum atomic E-state index is 12.3. The molecule has 0 aromatic heterocycles. The fourth-order valence-electron chi connectivity index (χ4n) is 3.63. The van der Waals surface area contributed by atoms with Gasteiger partial charge in [0.25, 0.3) is 0 Å². The molecular weight excluding hydrogens is 400 g/mol. The van der Waals surface area contributed by atoms with E-state index in [0.717, 1.165) is 11.3 Å². The number of methoxy groups -OCH3 is 3. The van der Waals surface area contributed by atoms with Crippen LogP contribution in [0.4, 0.5) is 10.5 Å². The van der Waals surface area contributed by atoms with E-state index in [2.05, 4.69) is 10.2 Å². The Hall–Kier alpha value is -3.26. The number of nitrogens with zero attached hydrogens (tertiary/aromatic N) is 1. The minimum atomic E-state index is -0.471. The number of anilines is 1. The molecule has 0 spiro atoms. The van der Waals surface area contributed by atoms with Gasteiger partial charge in [0.2, 0.25) is 0 Å². The number of ether oxygens (including phenoxy) is 4. The number of amides is 1. The Labute approximate surface area is 182 Å². The van der Waals surface area contributed by atoms with Gasteiger partial charge < -0.3 is 29.2 Å². The summed E-state index contributed by atoms with van der Waals surface area (Å²) in [6.45, 7) is 1.44. The van der Waals surface area contributed by atoms with E-state index < -0.39 is 12.1 Å². The molecule has 0 unspecified atom stereocenters. The first-order valence-corrected chi connectivity index (χ1v) is 10.1. The number of carbonyl (C=O) groups is 2. The van der Waals surface area contributed by atoms with Crippen LogP contribution in [0.25, 0.3) is 0 Å². The third kappa shape index (κ3) is 5.67. The summed E-state index contributed by atoms with van der Waals surface area (Å²) in [7, 11) is 4.46. The second-order valence-corrected chi connectivity index (χ2v) is 7.20. The number of rotatable bonds is 7. The number of piperidine rings is 1. The lowest BCUT2D eigenvalue weighted by Gasteiger charge is -2.39. The maximum Gasteiger partial charge on any atom is 0.407 e. The summed E-state index contributed by atoms with van der Waals surface area (Å²) in [5.74, 6) is -0.00342. The number of carbonyl (C=O) groups excluding carboxylic acids is 2. The Morgan fingerprint density at radius 2 is 1.87 bits per heavy atom. The van der Waals surface area contributed by atoms with Crippen molar-refractivity contribution in [2.75, 3.05) is 39.3 Å². The first-order valence-electron chi connectivity index (χ1n) is 10.1. The SMILES string of the molecule is COC(=O)c1cc(N2CC[C@H](NC(=O)OCc3ccccc3)[C@H](OC)C2)ccc1OC. The largest absolute Gasteiger partial charge is 0.496 e. The molecule has 0 radical (unpaired) electrons. The van der Waals surface area contributed by atoms with Crippen LogP contribution in [0.2, 0.25) is 0 Å². The first-order chi connectivity index (χ1) is 15.0. The van der Waals surface area contributed by atoms with Gasteiger partial charge in [-0.3, -0.25) is 0 Å². The number of benzene rings is 2. The highest BCUT2D eigenvalue weighted by Gasteiger charge is 2.31. The fraction of sp³-hybridized carbons (Fsp3) is 0.391. The molecule has 2 atom stereocenters. The topological polar surface area (TPSA) is 86.3 Å². The molecule has 8 nitrogen and oxygen atoms in total. The van der Waals surface area contributed by atoms with Gasteiger partial charge >= 0.3 is 12.1 Å². The zero-order valence-electron chi connectivity index (χ0n) is 18.0. The van der Waals surface area contributed by atoms with Crippen molar-refractivity contribution in [3.63, 3.8) is 0 Å². The summed E-state index contributed by atoms with van der Waals surface area (Å²) in [6.07, 6.45) is -0.0399. The van der Waals surface area contributed by atoms with Crippen molar-refractivity contribution < 1.29 is 28.5 Å². The first kappa shape index (κ1) is 22.4. The van der Waals surface area contributed by atoms with Crippen molar-refractivity contribution in [3.05, 3.63) is 59.7 Å². The smallest absolute Gasteiger partial charge is 0.407 e. The van der Waals surface area contributed by atoms with Gasteiger partial charge in [0.05, 0.1) is 26.4 Å². The Morgan fingerprint density at radius 3 is 2.55 bits per heavy atom. The van der Waals surface area contributed by atoms with E-state index >= 15 is 0 Å². The van der Waals surface area contributed by atoms with E-state index in [1.165, 1.54) is 14.2 Å². The van der Waals surface area contributed by atoms with Crippen LogP contribution in [0.3, 0.4) is 0 Å². The van der Waals surface area contributed by atoms with E-state index in [9.17, 15) is 9.59 Å². The quantitative estimate of drug-likeness (QED) is 0.679. The van der Waals surface area contributed by atoms with Crippen molar-refractivity contribution in [2.45, 2.75) is 25.2 Å². The molecule has 1 fully saturated rings. The highest BCUT2D eigenvalue weighted by molar-refractivity contribution is 5.93. The monoisotopic (exact) mass is 428 g/mol. The summed E-state index contributed by atoms with van der Waals surface area (Å²) in [6, 6.07) is 14.7. The van der Waals surface area contributed by atoms with Gasteiger partial charge in [-0.05, 0) is 30.2 Å². The molecule has 0 saturated carbocycles. The molecule has 166 valence electrons. The Balaban J connectivity index is 1.61. The van der Waals surface area contributed by atoms with Crippen LogP contribution in [-0.4, -0.2) is 58.6 Å². The number of hydrogen-bond acceptors (Lipinski definition) is 7. The van der Waals surface area contributed by atoms with Gasteiger partial charge in [0.1, 0.15) is 17.9 Å². The minimum absolute atomic E-state index is 0.178. The average Bonchev–Trinajstić information content (AvgIpc) is 2.82. The summed E-state index contributed by atoms with van der Waals surface area (Å²) >= 11 is 0. The predicted octanol–water partition coefficient (Wildman–Crippen LogP) is 3.00. The fourth-order valence-corrected chi connectivity index (χ4v) is 3.63. The lowest BCUT2D eigenvalue weighted by atomic mass is 10.0. The molecule has 1 heterocycles. The number of alkyl carbamates (subject to hydrolysis) is 1. The summed E-state index contributed by atoms with van der Waals surface area (Å²) < 4.78 is 21.1. The Morgan fingerprint density at radius 1 is 1.10 bits per heavy atom. The highest BCUT2D eigenvalue weighted by atomic mass is 16.5. The summed E-state index contributed by atoms with van der Waals surface area (Å²) in [5.41, 5.74) is 2.14. The normalized spacial score (nSPS) is 18.2. The summed E-state index contributed by atoms with van der Waals surface area (Å²) in [5, 5.41) is 2.91. The minimum Gasteiger partial charge on any atom is -0.496 e. The molecule has 1 saturated heterocycles. The van der Waals surface area contributed by atoms with Gasteiger partial charge in [-0.15, -0.1) is 0 Å². The third-order valence-electron chi connectivity index (χ3n) is 5.33. The van der Waals surface area contributed by atoms with E-state index in [1.54, 1.807) is 19.2 Å². The molecule has 0 aliphatic carbocycles. The van der Waals surface area contributed by atoms with Crippen molar-refractivity contribution in [1.82, 2.24) is 5.32 Å². The van der Waals surface area contributed by atoms with Crippen LogP contribution in [-0.2, 0) is 20.8 Å². The highest BCUT2D eigenvalue weighted by Crippen LogP contribution is 2.28. The van der Waals surface area contributed by atoms with E-state index in [0.29, 0.717) is 30.8 Å². The molecule has 1 N–H and O–H groups in total. The van der Waals surface area contributed by atoms with Crippen molar-refractivity contribution >= 4 is 17.7 Å². The molecule has 2 aromatic rings. The van der Waals surface area contributed by atoms with Crippen LogP contribution in [0.1, 0.15) is 22.3 Å². The number of esters is 1. The zero-order valence-corrected chi connectivity index (χ0v) is 18.0. The molecule has 0 bridgehead atoms. The number of hydrogen-bond donors (Lipinski definition) is 1.